The molecular weight excluding hydrogens is 589 g/mol. The van der Waals surface area contributed by atoms with Gasteiger partial charge in [0.1, 0.15) is 5.75 Å². The van der Waals surface area contributed by atoms with E-state index in [2.05, 4.69) is 26.2 Å². The minimum absolute atomic E-state index is 0.0300. The van der Waals surface area contributed by atoms with E-state index in [9.17, 15) is 14.8 Å². The molecule has 4 aromatic rings. The normalized spacial score (nSPS) is 12.6. The molecule has 2 aromatic heterocycles. The Balaban J connectivity index is 1.08. The summed E-state index contributed by atoms with van der Waals surface area (Å²) in [4.78, 5) is 24.7. The van der Waals surface area contributed by atoms with Gasteiger partial charge < -0.3 is 20.6 Å². The molecule has 0 bridgehead atoms. The number of rotatable bonds is 12. The second-order valence-corrected chi connectivity index (χ2v) is 11.0. The number of carbonyl (C=O) groups is 2. The van der Waals surface area contributed by atoms with E-state index in [-0.39, 0.29) is 29.2 Å². The number of benzene rings is 2. The Hall–Kier alpha value is -3.87. The van der Waals surface area contributed by atoms with E-state index in [1.807, 2.05) is 18.2 Å². The number of anilines is 1. The molecule has 2 aromatic carbocycles. The molecule has 0 saturated heterocycles. The first-order valence-corrected chi connectivity index (χ1v) is 14.5. The van der Waals surface area contributed by atoms with Gasteiger partial charge in [-0.25, -0.2) is 0 Å². The molecule has 0 radical (unpaired) electrons. The van der Waals surface area contributed by atoms with Crippen molar-refractivity contribution in [1.82, 2.24) is 25.5 Å². The van der Waals surface area contributed by atoms with Crippen molar-refractivity contribution < 1.29 is 19.1 Å². The van der Waals surface area contributed by atoms with Gasteiger partial charge in [0.15, 0.2) is 18.5 Å². The maximum atomic E-state index is 12.6. The predicted molar refractivity (Wildman–Crippen MR) is 155 cm³/mol. The SMILES string of the molecule is O=C(COc1ccc(NC(=O)CSc2nnnn2-c2ccc(C3CC3)cc2Cl)c(Cl)c1)NCCc1cccc[n+]1[O-]. The third kappa shape index (κ3) is 7.66. The zero-order valence-electron chi connectivity index (χ0n) is 21.6. The maximum absolute atomic E-state index is 12.6. The van der Waals surface area contributed by atoms with Gasteiger partial charge in [-0.05, 0) is 59.0 Å². The van der Waals surface area contributed by atoms with Gasteiger partial charge in [0.2, 0.25) is 11.1 Å². The molecule has 1 saturated carbocycles. The minimum atomic E-state index is -0.341. The molecule has 0 aliphatic heterocycles. The molecule has 14 heteroatoms. The van der Waals surface area contributed by atoms with E-state index in [4.69, 9.17) is 27.9 Å². The van der Waals surface area contributed by atoms with Crippen molar-refractivity contribution in [3.63, 3.8) is 0 Å². The van der Waals surface area contributed by atoms with Crippen LogP contribution in [0.25, 0.3) is 5.69 Å². The lowest BCUT2D eigenvalue weighted by Gasteiger charge is -2.11. The molecular formula is C27H25Cl2N7O4S. The Morgan fingerprint density at radius 2 is 1.95 bits per heavy atom. The average Bonchev–Trinajstić information content (AvgIpc) is 3.71. The van der Waals surface area contributed by atoms with Crippen molar-refractivity contribution in [3.8, 4) is 11.4 Å². The van der Waals surface area contributed by atoms with Gasteiger partial charge in [-0.2, -0.15) is 9.41 Å². The number of ether oxygens (including phenoxy) is 1. The van der Waals surface area contributed by atoms with Crippen LogP contribution in [0.4, 0.5) is 5.69 Å². The molecule has 0 spiro atoms. The highest BCUT2D eigenvalue weighted by Crippen LogP contribution is 2.41. The highest BCUT2D eigenvalue weighted by molar-refractivity contribution is 7.99. The fourth-order valence-corrected chi connectivity index (χ4v) is 5.15. The standard InChI is InChI=1S/C27H25Cl2N7O4S/c28-21-14-20(40-15-25(37)30-11-10-19-3-1-2-12-35(19)39)7-8-23(21)31-26(38)16-41-27-32-33-34-36(27)24-9-6-18(13-22(24)29)17-4-5-17/h1-3,6-9,12-14,17H,4-5,10-11,15-16H2,(H,30,37)(H,31,38). The molecule has 2 heterocycles. The summed E-state index contributed by atoms with van der Waals surface area (Å²) in [6, 6.07) is 15.7. The van der Waals surface area contributed by atoms with Gasteiger partial charge in [0.25, 0.3) is 5.91 Å². The predicted octanol–water partition coefficient (Wildman–Crippen LogP) is 3.95. The summed E-state index contributed by atoms with van der Waals surface area (Å²) in [5.41, 5.74) is 2.79. The Morgan fingerprint density at radius 1 is 1.10 bits per heavy atom. The summed E-state index contributed by atoms with van der Waals surface area (Å²) in [7, 11) is 0. The number of nitrogens with zero attached hydrogens (tertiary/aromatic N) is 5. The molecule has 2 N–H and O–H groups in total. The van der Waals surface area contributed by atoms with Gasteiger partial charge in [-0.1, -0.05) is 47.1 Å². The first-order valence-electron chi connectivity index (χ1n) is 12.7. The quantitative estimate of drug-likeness (QED) is 0.139. The number of hydrogen-bond donors (Lipinski definition) is 2. The van der Waals surface area contributed by atoms with Crippen LogP contribution in [0.1, 0.15) is 30.0 Å². The zero-order chi connectivity index (χ0) is 28.8. The van der Waals surface area contributed by atoms with Gasteiger partial charge in [-0.3, -0.25) is 9.59 Å². The van der Waals surface area contributed by atoms with Crippen LogP contribution in [0.3, 0.4) is 0 Å². The molecule has 41 heavy (non-hydrogen) atoms. The largest absolute Gasteiger partial charge is 0.619 e. The van der Waals surface area contributed by atoms with Crippen LogP contribution in [-0.4, -0.2) is 50.9 Å². The number of tetrazole rings is 1. The first kappa shape index (κ1) is 28.7. The second kappa shape index (κ2) is 13.2. The number of pyridine rings is 1. The van der Waals surface area contributed by atoms with Crippen molar-refractivity contribution in [1.29, 1.82) is 0 Å². The van der Waals surface area contributed by atoms with E-state index >= 15 is 0 Å². The van der Waals surface area contributed by atoms with Crippen LogP contribution in [-0.2, 0) is 16.0 Å². The van der Waals surface area contributed by atoms with Gasteiger partial charge >= 0.3 is 0 Å². The van der Waals surface area contributed by atoms with E-state index in [0.29, 0.717) is 51.9 Å². The van der Waals surface area contributed by atoms with Crippen LogP contribution >= 0.6 is 35.0 Å². The molecule has 11 nitrogen and oxygen atoms in total. The lowest BCUT2D eigenvalue weighted by Crippen LogP contribution is -2.35. The summed E-state index contributed by atoms with van der Waals surface area (Å²) < 4.78 is 7.77. The van der Waals surface area contributed by atoms with Crippen molar-refractivity contribution in [2.24, 2.45) is 0 Å². The van der Waals surface area contributed by atoms with E-state index in [1.54, 1.807) is 30.3 Å². The van der Waals surface area contributed by atoms with Crippen molar-refractivity contribution in [2.75, 3.05) is 24.2 Å². The Kier molecular flexibility index (Phi) is 9.22. The summed E-state index contributed by atoms with van der Waals surface area (Å²) >= 11 is 14.0. The topological polar surface area (TPSA) is 138 Å². The number of nitrogens with one attached hydrogen (secondary N) is 2. The van der Waals surface area contributed by atoms with Crippen molar-refractivity contribution in [2.45, 2.75) is 30.3 Å². The monoisotopic (exact) mass is 613 g/mol. The number of halogens is 2. The Bertz CT molecular complexity index is 1560. The number of carbonyl (C=O) groups excluding carboxylic acids is 2. The fraction of sp³-hybridized carbons (Fsp3) is 0.259. The Morgan fingerprint density at radius 3 is 2.71 bits per heavy atom. The molecule has 1 fully saturated rings. The summed E-state index contributed by atoms with van der Waals surface area (Å²) in [5.74, 6) is 0.312. The third-order valence-corrected chi connectivity index (χ3v) is 7.75. The summed E-state index contributed by atoms with van der Waals surface area (Å²) in [5, 5.41) is 30.1. The molecule has 2 amide bonds. The van der Waals surface area contributed by atoms with Crippen LogP contribution < -0.4 is 20.1 Å². The second-order valence-electron chi connectivity index (χ2n) is 9.24. The average molecular weight is 615 g/mol. The lowest BCUT2D eigenvalue weighted by atomic mass is 10.1. The molecule has 0 atom stereocenters. The van der Waals surface area contributed by atoms with Crippen LogP contribution in [0.2, 0.25) is 10.0 Å². The smallest absolute Gasteiger partial charge is 0.257 e. The number of amides is 2. The summed E-state index contributed by atoms with van der Waals surface area (Å²) in [6.45, 7) is 0.0666. The molecule has 1 aliphatic rings. The first-order chi connectivity index (χ1) is 19.9. The molecule has 0 unspecified atom stereocenters. The zero-order valence-corrected chi connectivity index (χ0v) is 24.0. The number of hydrogen-bond acceptors (Lipinski definition) is 8. The number of thioether (sulfide) groups is 1. The third-order valence-electron chi connectivity index (χ3n) is 6.21. The highest BCUT2D eigenvalue weighted by Gasteiger charge is 2.24. The minimum Gasteiger partial charge on any atom is -0.619 e. The number of aromatic nitrogens is 5. The van der Waals surface area contributed by atoms with Crippen molar-refractivity contribution in [3.05, 3.63) is 87.3 Å². The maximum Gasteiger partial charge on any atom is 0.257 e. The van der Waals surface area contributed by atoms with Crippen molar-refractivity contribution >= 4 is 52.5 Å². The van der Waals surface area contributed by atoms with E-state index < -0.39 is 0 Å². The van der Waals surface area contributed by atoms with Gasteiger partial charge in [0.05, 0.1) is 33.6 Å². The van der Waals surface area contributed by atoms with E-state index in [0.717, 1.165) is 16.5 Å². The highest BCUT2D eigenvalue weighted by atomic mass is 35.5. The Labute approximate surface area is 249 Å². The van der Waals surface area contributed by atoms with E-state index in [1.165, 1.54) is 35.4 Å². The van der Waals surface area contributed by atoms with Crippen LogP contribution in [0.5, 0.6) is 5.75 Å². The summed E-state index contributed by atoms with van der Waals surface area (Å²) in [6.07, 6.45) is 4.15. The van der Waals surface area contributed by atoms with Crippen LogP contribution in [0, 0.1) is 5.21 Å². The molecule has 1 aliphatic carbocycles. The van der Waals surface area contributed by atoms with Gasteiger partial charge in [0, 0.05) is 24.7 Å². The van der Waals surface area contributed by atoms with Crippen LogP contribution in [0.15, 0.2) is 66.0 Å². The van der Waals surface area contributed by atoms with Gasteiger partial charge in [-0.15, -0.1) is 5.10 Å². The molecule has 5 rings (SSSR count). The lowest BCUT2D eigenvalue weighted by molar-refractivity contribution is -0.613. The molecule has 212 valence electrons. The fourth-order valence-electron chi connectivity index (χ4n) is 3.98.